The molecule has 5 nitrogen and oxygen atoms in total. The van der Waals surface area contributed by atoms with Crippen molar-refractivity contribution in [1.82, 2.24) is 14.8 Å². The zero-order valence-electron chi connectivity index (χ0n) is 14.2. The summed E-state index contributed by atoms with van der Waals surface area (Å²) >= 11 is 1.24. The van der Waals surface area contributed by atoms with Crippen molar-refractivity contribution in [3.8, 4) is 17.1 Å². The molecule has 0 aliphatic carbocycles. The molecule has 1 aromatic heterocycles. The van der Waals surface area contributed by atoms with Crippen LogP contribution in [0.25, 0.3) is 11.4 Å². The third kappa shape index (κ3) is 3.86. The van der Waals surface area contributed by atoms with E-state index in [-0.39, 0.29) is 11.3 Å². The Labute approximate surface area is 153 Å². The van der Waals surface area contributed by atoms with Crippen LogP contribution in [0, 0.1) is 11.6 Å². The van der Waals surface area contributed by atoms with Gasteiger partial charge in [0, 0.05) is 30.0 Å². The van der Waals surface area contributed by atoms with Crippen LogP contribution in [0.2, 0.25) is 0 Å². The van der Waals surface area contributed by atoms with E-state index in [0.29, 0.717) is 11.0 Å². The first-order chi connectivity index (χ1) is 12.5. The zero-order chi connectivity index (χ0) is 18.7. The van der Waals surface area contributed by atoms with Crippen molar-refractivity contribution in [2.24, 2.45) is 7.05 Å². The molecule has 0 amide bonds. The molecule has 0 saturated heterocycles. The zero-order valence-corrected chi connectivity index (χ0v) is 15.0. The number of methoxy groups -OCH3 is 1. The lowest BCUT2D eigenvalue weighted by Crippen LogP contribution is -2.05. The largest absolute Gasteiger partial charge is 0.497 e. The number of hydrogen-bond acceptors (Lipinski definition) is 5. The second kappa shape index (κ2) is 7.84. The van der Waals surface area contributed by atoms with Gasteiger partial charge in [-0.25, -0.2) is 8.78 Å². The van der Waals surface area contributed by atoms with Crippen LogP contribution in [0.5, 0.6) is 5.75 Å². The molecule has 0 aliphatic rings. The molecule has 1 N–H and O–H groups in total. The summed E-state index contributed by atoms with van der Waals surface area (Å²) < 4.78 is 33.6. The Bertz CT molecular complexity index is 900. The number of aromatic nitrogens is 3. The number of ether oxygens (including phenoxy) is 1. The molecule has 3 aromatic rings. The summed E-state index contributed by atoms with van der Waals surface area (Å²) in [7, 11) is 3.41. The second-order valence-electron chi connectivity index (χ2n) is 5.59. The monoisotopic (exact) mass is 377 g/mol. The average molecular weight is 377 g/mol. The minimum Gasteiger partial charge on any atom is -0.497 e. The minimum absolute atomic E-state index is 0.0523. The molecule has 0 bridgehead atoms. The van der Waals surface area contributed by atoms with Gasteiger partial charge in [0.2, 0.25) is 0 Å². The van der Waals surface area contributed by atoms with Crippen molar-refractivity contribution in [1.29, 1.82) is 0 Å². The van der Waals surface area contributed by atoms with Gasteiger partial charge < -0.3 is 14.4 Å². The highest BCUT2D eigenvalue weighted by atomic mass is 32.2. The predicted octanol–water partition coefficient (Wildman–Crippen LogP) is 3.59. The van der Waals surface area contributed by atoms with Crippen molar-refractivity contribution in [2.45, 2.75) is 11.3 Å². The van der Waals surface area contributed by atoms with E-state index in [1.54, 1.807) is 11.7 Å². The summed E-state index contributed by atoms with van der Waals surface area (Å²) in [5, 5.41) is 19.0. The molecule has 136 valence electrons. The topological polar surface area (TPSA) is 60.2 Å². The highest BCUT2D eigenvalue weighted by molar-refractivity contribution is 7.99. The van der Waals surface area contributed by atoms with E-state index in [4.69, 9.17) is 4.74 Å². The van der Waals surface area contributed by atoms with Gasteiger partial charge in [0.25, 0.3) is 0 Å². The molecular formula is C18H17F2N3O2S. The van der Waals surface area contributed by atoms with Crippen LogP contribution in [0.3, 0.4) is 0 Å². The van der Waals surface area contributed by atoms with E-state index in [9.17, 15) is 13.9 Å². The molecule has 0 radical (unpaired) electrons. The molecule has 1 heterocycles. The Morgan fingerprint density at radius 1 is 1.15 bits per heavy atom. The van der Waals surface area contributed by atoms with Crippen LogP contribution in [-0.4, -0.2) is 32.7 Å². The number of benzene rings is 2. The smallest absolute Gasteiger partial charge is 0.191 e. The van der Waals surface area contributed by atoms with Crippen molar-refractivity contribution < 1.29 is 18.6 Å². The summed E-state index contributed by atoms with van der Waals surface area (Å²) in [6.07, 6.45) is -1.08. The molecular weight excluding hydrogens is 360 g/mol. The van der Waals surface area contributed by atoms with E-state index in [1.165, 1.54) is 17.8 Å². The molecule has 8 heteroatoms. The van der Waals surface area contributed by atoms with E-state index < -0.39 is 17.7 Å². The van der Waals surface area contributed by atoms with Gasteiger partial charge in [-0.3, -0.25) is 0 Å². The Balaban J connectivity index is 1.71. The Kier molecular flexibility index (Phi) is 5.53. The number of halogens is 2. The number of rotatable bonds is 6. The Morgan fingerprint density at radius 2 is 1.88 bits per heavy atom. The SMILES string of the molecule is COc1ccc(-c2nnc(SCC(O)c3ccc(F)cc3F)n2C)cc1. The molecule has 2 aromatic carbocycles. The molecule has 26 heavy (non-hydrogen) atoms. The van der Waals surface area contributed by atoms with Gasteiger partial charge in [-0.05, 0) is 30.3 Å². The van der Waals surface area contributed by atoms with Crippen LogP contribution >= 0.6 is 11.8 Å². The highest BCUT2D eigenvalue weighted by Gasteiger charge is 2.17. The van der Waals surface area contributed by atoms with E-state index in [0.717, 1.165) is 23.4 Å². The van der Waals surface area contributed by atoms with Crippen molar-refractivity contribution in [3.05, 3.63) is 59.7 Å². The van der Waals surface area contributed by atoms with Crippen molar-refractivity contribution >= 4 is 11.8 Å². The van der Waals surface area contributed by atoms with Gasteiger partial charge in [-0.1, -0.05) is 17.8 Å². The summed E-state index contributed by atoms with van der Waals surface area (Å²) in [5.41, 5.74) is 0.925. The predicted molar refractivity (Wildman–Crippen MR) is 95.0 cm³/mol. The number of hydrogen-bond donors (Lipinski definition) is 1. The first-order valence-electron chi connectivity index (χ1n) is 7.79. The summed E-state index contributed by atoms with van der Waals surface area (Å²) in [6.45, 7) is 0. The van der Waals surface area contributed by atoms with E-state index in [2.05, 4.69) is 10.2 Å². The lowest BCUT2D eigenvalue weighted by molar-refractivity contribution is 0.198. The number of aliphatic hydroxyl groups is 1. The first kappa shape index (κ1) is 18.3. The Hall–Kier alpha value is -2.45. The van der Waals surface area contributed by atoms with Gasteiger partial charge in [0.05, 0.1) is 13.2 Å². The maximum Gasteiger partial charge on any atom is 0.191 e. The quantitative estimate of drug-likeness (QED) is 0.665. The average Bonchev–Trinajstić information content (AvgIpc) is 3.00. The molecule has 0 spiro atoms. The molecule has 3 rings (SSSR count). The van der Waals surface area contributed by atoms with Gasteiger partial charge >= 0.3 is 0 Å². The summed E-state index contributed by atoms with van der Waals surface area (Å²) in [6, 6.07) is 10.5. The van der Waals surface area contributed by atoms with Crippen LogP contribution in [0.15, 0.2) is 47.6 Å². The van der Waals surface area contributed by atoms with E-state index in [1.807, 2.05) is 31.3 Å². The Morgan fingerprint density at radius 3 is 2.54 bits per heavy atom. The molecule has 1 unspecified atom stereocenters. The summed E-state index contributed by atoms with van der Waals surface area (Å²) in [4.78, 5) is 0. The standard InChI is InChI=1S/C18H17F2N3O2S/c1-23-17(11-3-6-13(25-2)7-4-11)21-22-18(23)26-10-16(24)14-8-5-12(19)9-15(14)20/h3-9,16,24H,10H2,1-2H3. The minimum atomic E-state index is -1.08. The maximum absolute atomic E-state index is 13.7. The highest BCUT2D eigenvalue weighted by Crippen LogP contribution is 2.28. The fourth-order valence-corrected chi connectivity index (χ4v) is 3.31. The molecule has 0 fully saturated rings. The lowest BCUT2D eigenvalue weighted by atomic mass is 10.1. The van der Waals surface area contributed by atoms with Gasteiger partial charge in [0.1, 0.15) is 17.4 Å². The summed E-state index contributed by atoms with van der Waals surface area (Å²) in [5.74, 6) is 0.128. The van der Waals surface area contributed by atoms with Gasteiger partial charge in [-0.2, -0.15) is 0 Å². The maximum atomic E-state index is 13.7. The first-order valence-corrected chi connectivity index (χ1v) is 8.77. The van der Waals surface area contributed by atoms with Crippen molar-refractivity contribution in [3.63, 3.8) is 0 Å². The molecule has 0 aliphatic heterocycles. The number of aliphatic hydroxyl groups excluding tert-OH is 1. The second-order valence-corrected chi connectivity index (χ2v) is 6.57. The van der Waals surface area contributed by atoms with Crippen LogP contribution in [-0.2, 0) is 7.05 Å². The number of thioether (sulfide) groups is 1. The molecule has 0 saturated carbocycles. The lowest BCUT2D eigenvalue weighted by Gasteiger charge is -2.11. The van der Waals surface area contributed by atoms with Crippen LogP contribution in [0.1, 0.15) is 11.7 Å². The fourth-order valence-electron chi connectivity index (χ4n) is 2.45. The van der Waals surface area contributed by atoms with Crippen LogP contribution in [0.4, 0.5) is 8.78 Å². The van der Waals surface area contributed by atoms with Crippen LogP contribution < -0.4 is 4.74 Å². The van der Waals surface area contributed by atoms with Gasteiger partial charge in [0.15, 0.2) is 11.0 Å². The molecule has 1 atom stereocenters. The fraction of sp³-hybridized carbons (Fsp3) is 0.222. The van der Waals surface area contributed by atoms with Gasteiger partial charge in [-0.15, -0.1) is 10.2 Å². The normalized spacial score (nSPS) is 12.2. The third-order valence-electron chi connectivity index (χ3n) is 3.87. The van der Waals surface area contributed by atoms with E-state index >= 15 is 0 Å². The van der Waals surface area contributed by atoms with Crippen molar-refractivity contribution in [2.75, 3.05) is 12.9 Å². The number of nitrogens with zero attached hydrogens (tertiary/aromatic N) is 3. The third-order valence-corrected chi connectivity index (χ3v) is 4.97.